The van der Waals surface area contributed by atoms with E-state index >= 15 is 0 Å². The monoisotopic (exact) mass is 293 g/mol. The van der Waals surface area contributed by atoms with Crippen LogP contribution in [0.25, 0.3) is 0 Å². The number of piperazine rings is 1. The van der Waals surface area contributed by atoms with Crippen LogP contribution in [0.1, 0.15) is 32.6 Å². The summed E-state index contributed by atoms with van der Waals surface area (Å²) in [5.41, 5.74) is -0.761. The molecular formula is C15H23N3O3. The lowest BCUT2D eigenvalue weighted by molar-refractivity contribution is -0.151. The first kappa shape index (κ1) is 14.4. The van der Waals surface area contributed by atoms with Gasteiger partial charge < -0.3 is 14.7 Å². The molecule has 6 nitrogen and oxygen atoms in total. The average Bonchev–Trinajstić information content (AvgIpc) is 3.12. The van der Waals surface area contributed by atoms with Gasteiger partial charge in [0.25, 0.3) is 0 Å². The van der Waals surface area contributed by atoms with Gasteiger partial charge in [0, 0.05) is 46.2 Å². The second-order valence-electron chi connectivity index (χ2n) is 6.38. The van der Waals surface area contributed by atoms with Crippen molar-refractivity contribution in [2.75, 3.05) is 39.3 Å². The molecule has 3 aliphatic rings. The van der Waals surface area contributed by atoms with E-state index in [9.17, 15) is 14.4 Å². The Labute approximate surface area is 125 Å². The van der Waals surface area contributed by atoms with E-state index < -0.39 is 5.41 Å². The van der Waals surface area contributed by atoms with Crippen molar-refractivity contribution in [3.63, 3.8) is 0 Å². The third-order valence-electron chi connectivity index (χ3n) is 4.97. The minimum atomic E-state index is -0.761. The predicted octanol–water partition coefficient (Wildman–Crippen LogP) is 0.0797. The van der Waals surface area contributed by atoms with Crippen molar-refractivity contribution in [3.05, 3.63) is 0 Å². The molecule has 0 unspecified atom stereocenters. The van der Waals surface area contributed by atoms with Crippen molar-refractivity contribution in [3.8, 4) is 0 Å². The van der Waals surface area contributed by atoms with Gasteiger partial charge in [0.15, 0.2) is 0 Å². The van der Waals surface area contributed by atoms with Crippen LogP contribution in [0.4, 0.5) is 0 Å². The van der Waals surface area contributed by atoms with Gasteiger partial charge in [-0.1, -0.05) is 0 Å². The molecule has 2 heterocycles. The quantitative estimate of drug-likeness (QED) is 0.677. The van der Waals surface area contributed by atoms with Crippen LogP contribution in [0, 0.1) is 5.41 Å². The third-order valence-corrected chi connectivity index (χ3v) is 4.97. The first-order valence-corrected chi connectivity index (χ1v) is 7.89. The molecule has 6 heteroatoms. The highest BCUT2D eigenvalue weighted by Crippen LogP contribution is 2.49. The second-order valence-corrected chi connectivity index (χ2v) is 6.38. The lowest BCUT2D eigenvalue weighted by Gasteiger charge is -2.36. The van der Waals surface area contributed by atoms with Gasteiger partial charge in [0.2, 0.25) is 17.7 Å². The van der Waals surface area contributed by atoms with Crippen molar-refractivity contribution < 1.29 is 14.4 Å². The van der Waals surface area contributed by atoms with E-state index in [1.165, 1.54) is 0 Å². The molecule has 3 amide bonds. The number of amides is 3. The van der Waals surface area contributed by atoms with E-state index in [1.54, 1.807) is 16.7 Å². The minimum absolute atomic E-state index is 0.0115. The zero-order valence-electron chi connectivity index (χ0n) is 12.6. The average molecular weight is 293 g/mol. The maximum absolute atomic E-state index is 12.7. The standard InChI is InChI=1S/C15H23N3O3/c1-12(19)16-8-10-18(11-9-16)14(21)15(4-5-15)13(20)17-6-2-3-7-17/h2-11H2,1H3. The SMILES string of the molecule is CC(=O)N1CCN(C(=O)C2(C(=O)N3CCCC3)CC2)CC1. The molecule has 3 rings (SSSR count). The Morgan fingerprint density at radius 1 is 0.714 bits per heavy atom. The smallest absolute Gasteiger partial charge is 0.238 e. The zero-order chi connectivity index (χ0) is 15.0. The lowest BCUT2D eigenvalue weighted by atomic mass is 10.0. The number of nitrogens with zero attached hydrogens (tertiary/aromatic N) is 3. The molecular weight excluding hydrogens is 270 g/mol. The molecule has 1 saturated carbocycles. The summed E-state index contributed by atoms with van der Waals surface area (Å²) in [6.07, 6.45) is 3.47. The summed E-state index contributed by atoms with van der Waals surface area (Å²) in [4.78, 5) is 42.1. The highest BCUT2D eigenvalue weighted by Gasteiger charge is 2.59. The molecule has 21 heavy (non-hydrogen) atoms. The highest BCUT2D eigenvalue weighted by molar-refractivity contribution is 6.08. The molecule has 0 radical (unpaired) electrons. The maximum atomic E-state index is 12.7. The Hall–Kier alpha value is -1.59. The maximum Gasteiger partial charge on any atom is 0.238 e. The van der Waals surface area contributed by atoms with Crippen molar-refractivity contribution in [1.82, 2.24) is 14.7 Å². The van der Waals surface area contributed by atoms with Crippen LogP contribution in [0.5, 0.6) is 0 Å². The summed E-state index contributed by atoms with van der Waals surface area (Å²) in [6, 6.07) is 0. The normalized spacial score (nSPS) is 24.1. The lowest BCUT2D eigenvalue weighted by Crippen LogP contribution is -2.54. The summed E-state index contributed by atoms with van der Waals surface area (Å²) in [5, 5.41) is 0. The first-order chi connectivity index (χ1) is 10.0. The summed E-state index contributed by atoms with van der Waals surface area (Å²) in [5.74, 6) is 0.0815. The number of hydrogen-bond acceptors (Lipinski definition) is 3. The number of carbonyl (C=O) groups is 3. The topological polar surface area (TPSA) is 60.9 Å². The van der Waals surface area contributed by atoms with Gasteiger partial charge in [-0.15, -0.1) is 0 Å². The molecule has 0 bridgehead atoms. The van der Waals surface area contributed by atoms with Gasteiger partial charge in [0.1, 0.15) is 5.41 Å². The molecule has 0 spiro atoms. The Balaban J connectivity index is 1.62. The van der Waals surface area contributed by atoms with Crippen molar-refractivity contribution in [2.45, 2.75) is 32.6 Å². The fraction of sp³-hybridized carbons (Fsp3) is 0.800. The van der Waals surface area contributed by atoms with E-state index in [0.717, 1.165) is 25.9 Å². The van der Waals surface area contributed by atoms with Crippen LogP contribution in [0.2, 0.25) is 0 Å². The third kappa shape index (κ3) is 2.51. The van der Waals surface area contributed by atoms with Crippen molar-refractivity contribution >= 4 is 17.7 Å². The predicted molar refractivity (Wildman–Crippen MR) is 76.3 cm³/mol. The molecule has 2 saturated heterocycles. The van der Waals surface area contributed by atoms with Crippen molar-refractivity contribution in [2.24, 2.45) is 5.41 Å². The van der Waals surface area contributed by atoms with Crippen LogP contribution in [-0.2, 0) is 14.4 Å². The first-order valence-electron chi connectivity index (χ1n) is 7.89. The Morgan fingerprint density at radius 3 is 1.57 bits per heavy atom. The van der Waals surface area contributed by atoms with Crippen LogP contribution in [0.15, 0.2) is 0 Å². The molecule has 2 aliphatic heterocycles. The molecule has 0 atom stereocenters. The van der Waals surface area contributed by atoms with E-state index in [-0.39, 0.29) is 17.7 Å². The van der Waals surface area contributed by atoms with E-state index in [4.69, 9.17) is 0 Å². The molecule has 0 N–H and O–H groups in total. The fourth-order valence-corrected chi connectivity index (χ4v) is 3.39. The van der Waals surface area contributed by atoms with E-state index in [0.29, 0.717) is 39.0 Å². The number of carbonyl (C=O) groups excluding carboxylic acids is 3. The van der Waals surface area contributed by atoms with Gasteiger partial charge in [-0.25, -0.2) is 0 Å². The molecule has 3 fully saturated rings. The van der Waals surface area contributed by atoms with E-state index in [2.05, 4.69) is 0 Å². The molecule has 116 valence electrons. The zero-order valence-corrected chi connectivity index (χ0v) is 12.6. The van der Waals surface area contributed by atoms with Gasteiger partial charge in [-0.3, -0.25) is 14.4 Å². The van der Waals surface area contributed by atoms with Gasteiger partial charge >= 0.3 is 0 Å². The molecule has 0 aromatic rings. The van der Waals surface area contributed by atoms with Gasteiger partial charge in [0.05, 0.1) is 0 Å². The van der Waals surface area contributed by atoms with Crippen molar-refractivity contribution in [1.29, 1.82) is 0 Å². The van der Waals surface area contributed by atoms with Crippen LogP contribution < -0.4 is 0 Å². The Bertz CT molecular complexity index is 459. The highest BCUT2D eigenvalue weighted by atomic mass is 16.2. The summed E-state index contributed by atoms with van der Waals surface area (Å²) >= 11 is 0. The van der Waals surface area contributed by atoms with Gasteiger partial charge in [-0.05, 0) is 25.7 Å². The van der Waals surface area contributed by atoms with Crippen LogP contribution in [-0.4, -0.2) is 71.7 Å². The summed E-state index contributed by atoms with van der Waals surface area (Å²) in [7, 11) is 0. The van der Waals surface area contributed by atoms with Crippen LogP contribution >= 0.6 is 0 Å². The number of likely N-dealkylation sites (tertiary alicyclic amines) is 1. The Kier molecular flexibility index (Phi) is 3.63. The molecule has 0 aromatic heterocycles. The summed E-state index contributed by atoms with van der Waals surface area (Å²) < 4.78 is 0. The second kappa shape index (κ2) is 5.31. The van der Waals surface area contributed by atoms with Gasteiger partial charge in [-0.2, -0.15) is 0 Å². The minimum Gasteiger partial charge on any atom is -0.342 e. The fourth-order valence-electron chi connectivity index (χ4n) is 3.39. The van der Waals surface area contributed by atoms with Crippen LogP contribution in [0.3, 0.4) is 0 Å². The molecule has 0 aromatic carbocycles. The largest absolute Gasteiger partial charge is 0.342 e. The number of hydrogen-bond donors (Lipinski definition) is 0. The molecule has 1 aliphatic carbocycles. The Morgan fingerprint density at radius 2 is 1.14 bits per heavy atom. The van der Waals surface area contributed by atoms with E-state index in [1.807, 2.05) is 4.90 Å². The summed E-state index contributed by atoms with van der Waals surface area (Å²) in [6.45, 7) is 5.40. The number of rotatable bonds is 2.